The molecule has 0 saturated heterocycles. The average Bonchev–Trinajstić information content (AvgIpc) is 3.62. The molecular formula is C30H38N6O4. The molecule has 40 heavy (non-hydrogen) atoms. The predicted molar refractivity (Wildman–Crippen MR) is 157 cm³/mol. The van der Waals surface area contributed by atoms with Crippen molar-refractivity contribution in [1.82, 2.24) is 24.4 Å². The van der Waals surface area contributed by atoms with E-state index in [1.54, 1.807) is 56.2 Å². The number of unbranched alkanes of at least 4 members (excludes halogenated alkanes) is 3. The van der Waals surface area contributed by atoms with Crippen LogP contribution in [0.15, 0.2) is 64.4 Å². The van der Waals surface area contributed by atoms with Gasteiger partial charge in [0.25, 0.3) is 5.56 Å². The van der Waals surface area contributed by atoms with Crippen LogP contribution in [-0.2, 0) is 18.3 Å². The number of fused-ring (bicyclic) bond motifs is 1. The lowest BCUT2D eigenvalue weighted by Crippen LogP contribution is -2.27. The number of aryl methyl sites for hydroxylation is 2. The fourth-order valence-corrected chi connectivity index (χ4v) is 4.31. The van der Waals surface area contributed by atoms with E-state index in [0.29, 0.717) is 18.2 Å². The molecule has 0 spiro atoms. The van der Waals surface area contributed by atoms with E-state index in [4.69, 9.17) is 14.9 Å². The monoisotopic (exact) mass is 546 g/mol. The van der Waals surface area contributed by atoms with Gasteiger partial charge in [0, 0.05) is 31.2 Å². The Kier molecular flexibility index (Phi) is 11.1. The number of likely N-dealkylation sites (N-methyl/N-ethyl adjacent to an activating group) is 1. The number of hydrogen-bond donors (Lipinski definition) is 2. The lowest BCUT2D eigenvalue weighted by molar-refractivity contribution is -0.118. The summed E-state index contributed by atoms with van der Waals surface area (Å²) in [5.41, 5.74) is 11.3. The van der Waals surface area contributed by atoms with Crippen molar-refractivity contribution in [2.24, 2.45) is 12.8 Å². The number of amides is 1. The quantitative estimate of drug-likeness (QED) is 0.200. The summed E-state index contributed by atoms with van der Waals surface area (Å²) in [5.74, 6) is 1.99. The number of nitrogens with one attached hydrogen (secondary N) is 1. The van der Waals surface area contributed by atoms with Gasteiger partial charge in [-0.15, -0.1) is 5.73 Å². The van der Waals surface area contributed by atoms with Gasteiger partial charge in [0.1, 0.15) is 17.8 Å². The zero-order valence-electron chi connectivity index (χ0n) is 23.7. The summed E-state index contributed by atoms with van der Waals surface area (Å²) in [7, 11) is 6.99. The van der Waals surface area contributed by atoms with Gasteiger partial charge in [-0.1, -0.05) is 19.4 Å². The number of ether oxygens (including phenoxy) is 1. The molecule has 4 rings (SSSR count). The minimum atomic E-state index is -0.287. The van der Waals surface area contributed by atoms with Gasteiger partial charge in [-0.05, 0) is 50.9 Å². The van der Waals surface area contributed by atoms with E-state index in [9.17, 15) is 9.59 Å². The molecule has 0 aliphatic heterocycles. The van der Waals surface area contributed by atoms with Crippen LogP contribution in [0.1, 0.15) is 43.8 Å². The van der Waals surface area contributed by atoms with Gasteiger partial charge < -0.3 is 29.3 Å². The van der Waals surface area contributed by atoms with Crippen LogP contribution in [-0.4, -0.2) is 58.1 Å². The zero-order valence-corrected chi connectivity index (χ0v) is 23.7. The summed E-state index contributed by atoms with van der Waals surface area (Å²) in [6.07, 6.45) is 11.1. The molecule has 212 valence electrons. The summed E-state index contributed by atoms with van der Waals surface area (Å²) in [4.78, 5) is 35.8. The molecule has 0 aliphatic rings. The topological polar surface area (TPSA) is 132 Å². The summed E-state index contributed by atoms with van der Waals surface area (Å²) in [5, 5.41) is 0.974. The van der Waals surface area contributed by atoms with Gasteiger partial charge in [0.15, 0.2) is 0 Å². The lowest BCUT2D eigenvalue weighted by atomic mass is 10.1. The standard InChI is InChI=1S/C26H28N4O3.C4H10N2O/c1-4-18(26-27-13-14-33-26)9-7-5-6-8-10-24-28-17-21(29-24)20-15-19-11-12-25(31)30(2)22(19)16-23(20)32-3;1-6(2)3-4(5)7/h11-17H,1,5-10H2,2-3H3,(H,28,29);3H2,1-2H3,(H2,5,7). The van der Waals surface area contributed by atoms with Crippen molar-refractivity contribution in [3.63, 3.8) is 0 Å². The molecule has 10 nitrogen and oxygen atoms in total. The van der Waals surface area contributed by atoms with Crippen LogP contribution in [0.5, 0.6) is 5.75 Å². The van der Waals surface area contributed by atoms with Crippen LogP contribution in [0, 0.1) is 0 Å². The first-order valence-electron chi connectivity index (χ1n) is 13.2. The summed E-state index contributed by atoms with van der Waals surface area (Å²) in [6, 6.07) is 7.35. The van der Waals surface area contributed by atoms with Crippen molar-refractivity contribution in [3.8, 4) is 17.0 Å². The van der Waals surface area contributed by atoms with Crippen LogP contribution in [0.4, 0.5) is 0 Å². The van der Waals surface area contributed by atoms with Crippen molar-refractivity contribution >= 4 is 22.4 Å². The molecule has 0 saturated carbocycles. The highest BCUT2D eigenvalue weighted by molar-refractivity contribution is 5.87. The number of primary amides is 1. The Morgan fingerprint density at radius 3 is 2.60 bits per heavy atom. The minimum absolute atomic E-state index is 0.0458. The predicted octanol–water partition coefficient (Wildman–Crippen LogP) is 4.32. The van der Waals surface area contributed by atoms with Crippen molar-refractivity contribution < 1.29 is 13.9 Å². The first kappa shape index (κ1) is 30.1. The summed E-state index contributed by atoms with van der Waals surface area (Å²) >= 11 is 0. The lowest BCUT2D eigenvalue weighted by Gasteiger charge is -2.11. The van der Waals surface area contributed by atoms with Gasteiger partial charge in [-0.2, -0.15) is 0 Å². The van der Waals surface area contributed by atoms with Crippen molar-refractivity contribution in [1.29, 1.82) is 0 Å². The Labute approximate surface area is 234 Å². The maximum Gasteiger partial charge on any atom is 0.250 e. The Bertz CT molecular complexity index is 1510. The molecule has 3 aromatic heterocycles. The molecule has 0 unspecified atom stereocenters. The van der Waals surface area contributed by atoms with E-state index < -0.39 is 0 Å². The van der Waals surface area contributed by atoms with Crippen LogP contribution < -0.4 is 16.0 Å². The molecule has 0 bridgehead atoms. The third-order valence-corrected chi connectivity index (χ3v) is 6.33. The molecule has 3 heterocycles. The van der Waals surface area contributed by atoms with Crippen molar-refractivity contribution in [2.75, 3.05) is 27.7 Å². The highest BCUT2D eigenvalue weighted by Crippen LogP contribution is 2.33. The Hall–Kier alpha value is -4.40. The summed E-state index contributed by atoms with van der Waals surface area (Å²) in [6.45, 7) is 4.07. The number of hydrogen-bond acceptors (Lipinski definition) is 7. The fraction of sp³-hybridized carbons (Fsp3) is 0.367. The molecule has 0 fully saturated rings. The highest BCUT2D eigenvalue weighted by Gasteiger charge is 2.13. The Balaban J connectivity index is 0.000000559. The molecule has 3 N–H and O–H groups in total. The Morgan fingerprint density at radius 2 is 1.98 bits per heavy atom. The van der Waals surface area contributed by atoms with E-state index in [1.807, 2.05) is 24.4 Å². The number of rotatable bonds is 12. The fourth-order valence-electron chi connectivity index (χ4n) is 4.31. The smallest absolute Gasteiger partial charge is 0.250 e. The van der Waals surface area contributed by atoms with Crippen LogP contribution in [0.25, 0.3) is 27.7 Å². The van der Waals surface area contributed by atoms with Crippen molar-refractivity contribution in [2.45, 2.75) is 38.5 Å². The van der Waals surface area contributed by atoms with Gasteiger partial charge in [0.05, 0.1) is 42.8 Å². The number of carbonyl (C=O) groups excluding carboxylic acids is 1. The van der Waals surface area contributed by atoms with Gasteiger partial charge in [-0.25, -0.2) is 9.97 Å². The van der Waals surface area contributed by atoms with Gasteiger partial charge in [0.2, 0.25) is 11.8 Å². The number of H-pyrrole nitrogens is 1. The van der Waals surface area contributed by atoms with Crippen LogP contribution in [0.3, 0.4) is 0 Å². The van der Waals surface area contributed by atoms with Crippen LogP contribution in [0.2, 0.25) is 0 Å². The second kappa shape index (κ2) is 14.7. The average molecular weight is 547 g/mol. The second-order valence-corrected chi connectivity index (χ2v) is 9.70. The normalized spacial score (nSPS) is 10.7. The molecular weight excluding hydrogens is 508 g/mol. The number of nitrogens with two attached hydrogens (primary N) is 1. The number of aromatic nitrogens is 4. The first-order valence-corrected chi connectivity index (χ1v) is 13.2. The number of pyridine rings is 1. The molecule has 10 heteroatoms. The number of methoxy groups -OCH3 is 1. The van der Waals surface area contributed by atoms with E-state index in [1.165, 1.54) is 0 Å². The van der Waals surface area contributed by atoms with Gasteiger partial charge >= 0.3 is 0 Å². The second-order valence-electron chi connectivity index (χ2n) is 9.70. The number of allylic oxidation sites excluding steroid dienone is 1. The molecule has 0 aliphatic carbocycles. The number of nitrogens with zero attached hydrogens (tertiary/aromatic N) is 4. The van der Waals surface area contributed by atoms with E-state index in [2.05, 4.69) is 27.3 Å². The minimum Gasteiger partial charge on any atom is -0.496 e. The number of imidazole rings is 1. The number of aromatic amines is 1. The van der Waals surface area contributed by atoms with Crippen LogP contribution >= 0.6 is 0 Å². The third-order valence-electron chi connectivity index (χ3n) is 6.33. The maximum atomic E-state index is 12.0. The maximum absolute atomic E-state index is 12.0. The SMILES string of the molecule is C=C=C(CCCCCCc1ncc(-c2cc3ccc(=O)n(C)c3cc2OC)[nH]1)c1ncco1.CN(C)CC(N)=O. The van der Waals surface area contributed by atoms with E-state index >= 15 is 0 Å². The van der Waals surface area contributed by atoms with Crippen molar-refractivity contribution in [3.05, 3.63) is 77.3 Å². The summed E-state index contributed by atoms with van der Waals surface area (Å²) < 4.78 is 12.6. The number of oxazole rings is 1. The molecule has 1 aromatic carbocycles. The molecule has 4 aromatic rings. The number of benzene rings is 1. The molecule has 0 atom stereocenters. The number of carbonyl (C=O) groups is 1. The largest absolute Gasteiger partial charge is 0.496 e. The molecule has 0 radical (unpaired) electrons. The third kappa shape index (κ3) is 8.30. The Morgan fingerprint density at radius 1 is 1.20 bits per heavy atom. The highest BCUT2D eigenvalue weighted by atomic mass is 16.5. The molecule has 1 amide bonds. The van der Waals surface area contributed by atoms with E-state index in [0.717, 1.165) is 72.1 Å². The van der Waals surface area contributed by atoms with E-state index in [-0.39, 0.29) is 11.5 Å². The van der Waals surface area contributed by atoms with Gasteiger partial charge in [-0.3, -0.25) is 9.59 Å². The zero-order chi connectivity index (χ0) is 29.1. The first-order chi connectivity index (χ1) is 19.2.